The molecule has 0 unspecified atom stereocenters. The second kappa shape index (κ2) is 9.16. The van der Waals surface area contributed by atoms with Crippen molar-refractivity contribution < 1.29 is 24.0 Å². The molecule has 0 aliphatic rings. The third kappa shape index (κ3) is 4.79. The minimum Gasteiger partial charge on any atom is -0.465 e. The highest BCUT2D eigenvalue weighted by atomic mass is 16.6. The van der Waals surface area contributed by atoms with E-state index in [0.717, 1.165) is 5.56 Å². The van der Waals surface area contributed by atoms with Gasteiger partial charge in [-0.15, -0.1) is 0 Å². The number of nitrogens with two attached hydrogens (primary N) is 1. The maximum atomic E-state index is 11.2. The molecule has 2 aromatic rings. The number of benzene rings is 2. The molecule has 0 aliphatic carbocycles. The van der Waals surface area contributed by atoms with Crippen LogP contribution in [0.1, 0.15) is 31.8 Å². The van der Waals surface area contributed by atoms with Gasteiger partial charge in [0, 0.05) is 11.3 Å². The Labute approximate surface area is 150 Å². The van der Waals surface area contributed by atoms with E-state index in [4.69, 9.17) is 5.73 Å². The SMILES string of the molecule is COC(=O)c1cccc(C)c1N.COC(=O)c1cccc(C)c1[N+](=O)[O-]. The molecule has 2 rings (SSSR count). The molecule has 0 spiro atoms. The lowest BCUT2D eigenvalue weighted by Crippen LogP contribution is -2.06. The number of para-hydroxylation sites is 2. The van der Waals surface area contributed by atoms with Crippen molar-refractivity contribution in [2.24, 2.45) is 0 Å². The number of carbonyl (C=O) groups excluding carboxylic acids is 2. The minimum atomic E-state index is -0.694. The van der Waals surface area contributed by atoms with E-state index in [1.165, 1.54) is 20.3 Å². The van der Waals surface area contributed by atoms with E-state index in [1.807, 2.05) is 13.0 Å². The zero-order chi connectivity index (χ0) is 19.9. The number of aryl methyl sites for hydroxylation is 2. The zero-order valence-corrected chi connectivity index (χ0v) is 14.9. The Kier molecular flexibility index (Phi) is 7.27. The number of hydrogen-bond acceptors (Lipinski definition) is 7. The van der Waals surface area contributed by atoms with E-state index in [9.17, 15) is 19.7 Å². The molecule has 0 atom stereocenters. The number of anilines is 1. The third-order valence-electron chi connectivity index (χ3n) is 3.56. The summed E-state index contributed by atoms with van der Waals surface area (Å²) in [6, 6.07) is 9.80. The standard InChI is InChI=1S/C9H9NO4.C9H11NO2/c1-6-4-3-5-7(9(11)14-2)8(6)10(12)13;1-6-4-3-5-7(8(6)10)9(11)12-2/h3-5H,1-2H3;3-5H,10H2,1-2H3. The van der Waals surface area contributed by atoms with Gasteiger partial charge in [-0.1, -0.05) is 24.3 Å². The van der Waals surface area contributed by atoms with Crippen LogP contribution < -0.4 is 5.73 Å². The van der Waals surface area contributed by atoms with Crippen LogP contribution >= 0.6 is 0 Å². The number of methoxy groups -OCH3 is 2. The summed E-state index contributed by atoms with van der Waals surface area (Å²) in [5.41, 5.74) is 7.69. The summed E-state index contributed by atoms with van der Waals surface area (Å²) in [4.78, 5) is 32.3. The molecule has 0 amide bonds. The quantitative estimate of drug-likeness (QED) is 0.386. The summed E-state index contributed by atoms with van der Waals surface area (Å²) < 4.78 is 8.99. The van der Waals surface area contributed by atoms with E-state index in [-0.39, 0.29) is 11.3 Å². The normalized spacial score (nSPS) is 9.54. The number of hydrogen-bond donors (Lipinski definition) is 1. The van der Waals surface area contributed by atoms with Gasteiger partial charge in [0.2, 0.25) is 0 Å². The van der Waals surface area contributed by atoms with Gasteiger partial charge in [-0.2, -0.15) is 0 Å². The van der Waals surface area contributed by atoms with Gasteiger partial charge in [0.15, 0.2) is 0 Å². The first kappa shape index (κ1) is 20.6. The molecule has 0 fully saturated rings. The first-order valence-corrected chi connectivity index (χ1v) is 7.50. The summed E-state index contributed by atoms with van der Waals surface area (Å²) in [5.74, 6) is -1.09. The van der Waals surface area contributed by atoms with Gasteiger partial charge in [-0.05, 0) is 31.5 Å². The fourth-order valence-electron chi connectivity index (χ4n) is 2.14. The monoisotopic (exact) mass is 360 g/mol. The maximum Gasteiger partial charge on any atom is 0.344 e. The molecule has 0 aliphatic heterocycles. The topological polar surface area (TPSA) is 122 Å². The van der Waals surface area contributed by atoms with Crippen molar-refractivity contribution in [3.8, 4) is 0 Å². The van der Waals surface area contributed by atoms with Crippen LogP contribution in [-0.2, 0) is 9.47 Å². The number of nitro benzene ring substituents is 1. The van der Waals surface area contributed by atoms with Crippen molar-refractivity contribution in [1.82, 2.24) is 0 Å². The van der Waals surface area contributed by atoms with Crippen molar-refractivity contribution in [1.29, 1.82) is 0 Å². The largest absolute Gasteiger partial charge is 0.465 e. The van der Waals surface area contributed by atoms with E-state index >= 15 is 0 Å². The highest BCUT2D eigenvalue weighted by Gasteiger charge is 2.22. The molecule has 0 aromatic heterocycles. The number of nitrogen functional groups attached to an aromatic ring is 1. The highest BCUT2D eigenvalue weighted by Crippen LogP contribution is 2.23. The molecule has 0 heterocycles. The predicted molar refractivity (Wildman–Crippen MR) is 96.1 cm³/mol. The van der Waals surface area contributed by atoms with Crippen LogP contribution in [0.4, 0.5) is 11.4 Å². The van der Waals surface area contributed by atoms with Crippen molar-refractivity contribution in [2.45, 2.75) is 13.8 Å². The van der Waals surface area contributed by atoms with Crippen LogP contribution in [0, 0.1) is 24.0 Å². The fourth-order valence-corrected chi connectivity index (χ4v) is 2.14. The Balaban J connectivity index is 0.000000263. The van der Waals surface area contributed by atoms with Gasteiger partial charge in [0.1, 0.15) is 5.56 Å². The lowest BCUT2D eigenvalue weighted by atomic mass is 10.1. The van der Waals surface area contributed by atoms with Crippen LogP contribution in [0.25, 0.3) is 0 Å². The van der Waals surface area contributed by atoms with Gasteiger partial charge in [0.05, 0.1) is 24.7 Å². The lowest BCUT2D eigenvalue weighted by molar-refractivity contribution is -0.385. The Bertz CT molecular complexity index is 832. The first-order valence-electron chi connectivity index (χ1n) is 7.50. The third-order valence-corrected chi connectivity index (χ3v) is 3.56. The van der Waals surface area contributed by atoms with Crippen LogP contribution in [0.2, 0.25) is 0 Å². The van der Waals surface area contributed by atoms with Crippen LogP contribution in [0.3, 0.4) is 0 Å². The van der Waals surface area contributed by atoms with Crippen LogP contribution in [0.15, 0.2) is 36.4 Å². The lowest BCUT2D eigenvalue weighted by Gasteiger charge is -2.04. The number of nitro groups is 1. The minimum absolute atomic E-state index is 0.0162. The molecule has 2 N–H and O–H groups in total. The summed E-state index contributed by atoms with van der Waals surface area (Å²) in [6.45, 7) is 3.42. The first-order chi connectivity index (χ1) is 12.2. The fraction of sp³-hybridized carbons (Fsp3) is 0.222. The smallest absolute Gasteiger partial charge is 0.344 e. The molecular weight excluding hydrogens is 340 g/mol. The Morgan fingerprint density at radius 3 is 1.88 bits per heavy atom. The van der Waals surface area contributed by atoms with Gasteiger partial charge in [-0.25, -0.2) is 9.59 Å². The van der Waals surface area contributed by atoms with Gasteiger partial charge in [-0.3, -0.25) is 10.1 Å². The Morgan fingerprint density at radius 1 is 0.923 bits per heavy atom. The molecule has 8 nitrogen and oxygen atoms in total. The van der Waals surface area contributed by atoms with Crippen LogP contribution in [0.5, 0.6) is 0 Å². The Hall–Kier alpha value is -3.42. The molecule has 138 valence electrons. The average Bonchev–Trinajstić information content (AvgIpc) is 2.62. The number of ether oxygens (including phenoxy) is 2. The summed E-state index contributed by atoms with van der Waals surface area (Å²) in [6.07, 6.45) is 0. The highest BCUT2D eigenvalue weighted by molar-refractivity contribution is 5.95. The molecule has 0 saturated heterocycles. The van der Waals surface area contributed by atoms with Gasteiger partial charge in [0.25, 0.3) is 5.69 Å². The van der Waals surface area contributed by atoms with E-state index in [1.54, 1.807) is 31.2 Å². The number of rotatable bonds is 3. The van der Waals surface area contributed by atoms with Crippen molar-refractivity contribution in [3.05, 3.63) is 68.8 Å². The van der Waals surface area contributed by atoms with Crippen molar-refractivity contribution in [3.63, 3.8) is 0 Å². The van der Waals surface area contributed by atoms with E-state index in [0.29, 0.717) is 16.8 Å². The van der Waals surface area contributed by atoms with Gasteiger partial charge < -0.3 is 15.2 Å². The van der Waals surface area contributed by atoms with Crippen LogP contribution in [-0.4, -0.2) is 31.1 Å². The molecule has 8 heteroatoms. The molecule has 26 heavy (non-hydrogen) atoms. The van der Waals surface area contributed by atoms with E-state index in [2.05, 4.69) is 9.47 Å². The number of carbonyl (C=O) groups is 2. The summed E-state index contributed by atoms with van der Waals surface area (Å²) >= 11 is 0. The zero-order valence-electron chi connectivity index (χ0n) is 14.9. The van der Waals surface area contributed by atoms with Crippen molar-refractivity contribution >= 4 is 23.3 Å². The predicted octanol–water partition coefficient (Wildman–Crippen LogP) is 3.05. The average molecular weight is 360 g/mol. The second-order valence-electron chi connectivity index (χ2n) is 5.25. The van der Waals surface area contributed by atoms with E-state index < -0.39 is 16.9 Å². The summed E-state index contributed by atoms with van der Waals surface area (Å²) in [7, 11) is 2.53. The molecule has 2 aromatic carbocycles. The maximum absolute atomic E-state index is 11.2. The summed E-state index contributed by atoms with van der Waals surface area (Å²) in [5, 5.41) is 10.7. The molecule has 0 bridgehead atoms. The molecular formula is C18H20N2O6. The van der Waals surface area contributed by atoms with Gasteiger partial charge >= 0.3 is 11.9 Å². The Morgan fingerprint density at radius 2 is 1.38 bits per heavy atom. The molecule has 0 radical (unpaired) electrons. The second-order valence-corrected chi connectivity index (χ2v) is 5.25. The number of esters is 2. The number of nitrogens with zero attached hydrogens (tertiary/aromatic N) is 1. The van der Waals surface area contributed by atoms with Crippen molar-refractivity contribution in [2.75, 3.05) is 20.0 Å². The molecule has 0 saturated carbocycles.